The molecule has 0 spiro atoms. The van der Waals surface area contributed by atoms with Crippen LogP contribution in [0, 0.1) is 19.7 Å². The molecule has 3 aromatic rings. The van der Waals surface area contributed by atoms with Gasteiger partial charge in [-0.2, -0.15) is 0 Å². The minimum Gasteiger partial charge on any atom is -0.370 e. The first-order chi connectivity index (χ1) is 13.6. The maximum Gasteiger partial charge on any atom is 0.209 e. The van der Waals surface area contributed by atoms with E-state index in [4.69, 9.17) is 4.74 Å². The lowest BCUT2D eigenvalue weighted by Crippen LogP contribution is -2.37. The van der Waals surface area contributed by atoms with Gasteiger partial charge in [-0.05, 0) is 42.5 Å². The van der Waals surface area contributed by atoms with Gasteiger partial charge >= 0.3 is 0 Å². The van der Waals surface area contributed by atoms with Crippen LogP contribution in [0.2, 0.25) is 0 Å². The number of ether oxygens (including phenoxy) is 1. The number of morpholine rings is 1. The van der Waals surface area contributed by atoms with Gasteiger partial charge in [0.1, 0.15) is 17.7 Å². The predicted molar refractivity (Wildman–Crippen MR) is 107 cm³/mol. The molecule has 1 amide bonds. The normalized spacial score (nSPS) is 17.0. The van der Waals surface area contributed by atoms with E-state index in [0.29, 0.717) is 36.8 Å². The highest BCUT2D eigenvalue weighted by atomic mass is 19.1. The van der Waals surface area contributed by atoms with Crippen molar-refractivity contribution in [1.82, 2.24) is 9.88 Å². The number of nitrogens with zero attached hydrogens (tertiary/aromatic N) is 2. The summed E-state index contributed by atoms with van der Waals surface area (Å²) in [7, 11) is 0. The van der Waals surface area contributed by atoms with Gasteiger partial charge in [0, 0.05) is 29.4 Å². The fourth-order valence-electron chi connectivity index (χ4n) is 3.62. The van der Waals surface area contributed by atoms with Crippen molar-refractivity contribution in [2.45, 2.75) is 20.0 Å². The van der Waals surface area contributed by atoms with Crippen LogP contribution in [0.25, 0.3) is 10.8 Å². The number of aryl methyl sites for hydroxylation is 2. The largest absolute Gasteiger partial charge is 0.370 e. The quantitative estimate of drug-likeness (QED) is 0.688. The van der Waals surface area contributed by atoms with E-state index >= 15 is 0 Å². The number of pyridine rings is 1. The Labute approximate surface area is 163 Å². The smallest absolute Gasteiger partial charge is 0.209 e. The van der Waals surface area contributed by atoms with E-state index in [1.54, 1.807) is 24.1 Å². The van der Waals surface area contributed by atoms with Crippen molar-refractivity contribution in [3.05, 3.63) is 65.1 Å². The summed E-state index contributed by atoms with van der Waals surface area (Å²) in [5, 5.41) is 5.22. The number of carbonyl (C=O) groups is 1. The van der Waals surface area contributed by atoms with E-state index in [1.165, 1.54) is 6.07 Å². The maximum absolute atomic E-state index is 13.9. The first kappa shape index (κ1) is 18.4. The van der Waals surface area contributed by atoms with Gasteiger partial charge < -0.3 is 15.0 Å². The molecule has 6 heteroatoms. The molecule has 28 heavy (non-hydrogen) atoms. The van der Waals surface area contributed by atoms with Crippen molar-refractivity contribution in [3.63, 3.8) is 0 Å². The summed E-state index contributed by atoms with van der Waals surface area (Å²) in [6.45, 7) is 5.38. The van der Waals surface area contributed by atoms with Gasteiger partial charge in [-0.15, -0.1) is 0 Å². The van der Waals surface area contributed by atoms with Crippen LogP contribution in [0.4, 0.5) is 15.9 Å². The number of nitrogens with one attached hydrogen (secondary N) is 1. The third-order valence-electron chi connectivity index (χ3n) is 5.18. The lowest BCUT2D eigenvalue weighted by molar-refractivity contribution is -0.125. The number of carbonyl (C=O) groups excluding carboxylic acids is 1. The second kappa shape index (κ2) is 7.56. The minimum atomic E-state index is -0.258. The highest BCUT2D eigenvalue weighted by Gasteiger charge is 2.24. The van der Waals surface area contributed by atoms with Crippen LogP contribution in [0.1, 0.15) is 22.8 Å². The molecule has 0 bridgehead atoms. The summed E-state index contributed by atoms with van der Waals surface area (Å²) in [4.78, 5) is 17.5. The molecule has 144 valence electrons. The molecule has 2 aromatic carbocycles. The van der Waals surface area contributed by atoms with Gasteiger partial charge in [0.2, 0.25) is 6.41 Å². The molecule has 4 rings (SSSR count). The highest BCUT2D eigenvalue weighted by Crippen LogP contribution is 2.34. The van der Waals surface area contributed by atoms with Crippen molar-refractivity contribution >= 4 is 28.7 Å². The average Bonchev–Trinajstić information content (AvgIpc) is 2.71. The predicted octanol–water partition coefficient (Wildman–Crippen LogP) is 4.26. The SMILES string of the molecule is Cc1ccc(Nc2ncc(C3CN(C=O)CCO3)c3c(C)cccc23)cc1F. The second-order valence-electron chi connectivity index (χ2n) is 7.11. The molecule has 1 aromatic heterocycles. The Balaban J connectivity index is 1.77. The van der Waals surface area contributed by atoms with E-state index in [9.17, 15) is 9.18 Å². The minimum absolute atomic E-state index is 0.221. The average molecular weight is 379 g/mol. The van der Waals surface area contributed by atoms with Crippen LogP contribution >= 0.6 is 0 Å². The van der Waals surface area contributed by atoms with Crippen LogP contribution in [0.15, 0.2) is 42.6 Å². The summed E-state index contributed by atoms with van der Waals surface area (Å²) in [5.74, 6) is 0.403. The third kappa shape index (κ3) is 3.43. The van der Waals surface area contributed by atoms with Crippen LogP contribution in [0.3, 0.4) is 0 Å². The van der Waals surface area contributed by atoms with Crippen molar-refractivity contribution in [2.75, 3.05) is 25.0 Å². The van der Waals surface area contributed by atoms with Crippen LogP contribution in [-0.2, 0) is 9.53 Å². The molecule has 0 radical (unpaired) electrons. The molecule has 1 N–H and O–H groups in total. The Morgan fingerprint density at radius 1 is 1.25 bits per heavy atom. The number of amides is 1. The first-order valence-electron chi connectivity index (χ1n) is 9.29. The lowest BCUT2D eigenvalue weighted by atomic mass is 9.97. The van der Waals surface area contributed by atoms with Gasteiger partial charge in [0.25, 0.3) is 0 Å². The topological polar surface area (TPSA) is 54.5 Å². The summed E-state index contributed by atoms with van der Waals surface area (Å²) < 4.78 is 19.9. The molecule has 1 aliphatic rings. The van der Waals surface area contributed by atoms with Crippen LogP contribution in [-0.4, -0.2) is 36.0 Å². The zero-order valence-electron chi connectivity index (χ0n) is 15.9. The third-order valence-corrected chi connectivity index (χ3v) is 5.18. The highest BCUT2D eigenvalue weighted by molar-refractivity contribution is 5.97. The molecule has 1 fully saturated rings. The van der Waals surface area contributed by atoms with Crippen LogP contribution < -0.4 is 5.32 Å². The lowest BCUT2D eigenvalue weighted by Gasteiger charge is -2.31. The first-order valence-corrected chi connectivity index (χ1v) is 9.29. The Morgan fingerprint density at radius 2 is 2.11 bits per heavy atom. The summed E-state index contributed by atoms with van der Waals surface area (Å²) in [5.41, 5.74) is 3.30. The molecule has 2 heterocycles. The molecule has 0 aliphatic carbocycles. The fraction of sp³-hybridized carbons (Fsp3) is 0.273. The zero-order chi connectivity index (χ0) is 19.7. The number of aromatic nitrogens is 1. The number of fused-ring (bicyclic) bond motifs is 1. The van der Waals surface area contributed by atoms with Gasteiger partial charge in [-0.1, -0.05) is 24.3 Å². The van der Waals surface area contributed by atoms with E-state index in [0.717, 1.165) is 28.3 Å². The Kier molecular flexibility index (Phi) is 4.96. The zero-order valence-corrected chi connectivity index (χ0v) is 15.9. The van der Waals surface area contributed by atoms with Gasteiger partial charge in [-0.25, -0.2) is 9.37 Å². The summed E-state index contributed by atoms with van der Waals surface area (Å²) >= 11 is 0. The molecule has 1 unspecified atom stereocenters. The molecule has 1 saturated heterocycles. The number of halogens is 1. The van der Waals surface area contributed by atoms with E-state index in [1.807, 2.05) is 31.2 Å². The summed E-state index contributed by atoms with van der Waals surface area (Å²) in [6.07, 6.45) is 2.43. The molecule has 5 nitrogen and oxygen atoms in total. The second-order valence-corrected chi connectivity index (χ2v) is 7.11. The van der Waals surface area contributed by atoms with Crippen molar-refractivity contribution in [3.8, 4) is 0 Å². The molecular weight excluding hydrogens is 357 g/mol. The monoisotopic (exact) mass is 379 g/mol. The van der Waals surface area contributed by atoms with Crippen molar-refractivity contribution in [2.24, 2.45) is 0 Å². The number of benzene rings is 2. The van der Waals surface area contributed by atoms with E-state index in [-0.39, 0.29) is 11.9 Å². The number of hydrogen-bond donors (Lipinski definition) is 1. The van der Waals surface area contributed by atoms with Crippen molar-refractivity contribution in [1.29, 1.82) is 0 Å². The molecule has 1 atom stereocenters. The van der Waals surface area contributed by atoms with Gasteiger partial charge in [0.15, 0.2) is 0 Å². The summed E-state index contributed by atoms with van der Waals surface area (Å²) in [6, 6.07) is 11.1. The van der Waals surface area contributed by atoms with E-state index < -0.39 is 0 Å². The Morgan fingerprint density at radius 3 is 2.89 bits per heavy atom. The fourth-order valence-corrected chi connectivity index (χ4v) is 3.62. The maximum atomic E-state index is 13.9. The van der Waals surface area contributed by atoms with Gasteiger partial charge in [-0.3, -0.25) is 4.79 Å². The molecule has 0 saturated carbocycles. The Bertz CT molecular complexity index is 1040. The van der Waals surface area contributed by atoms with E-state index in [2.05, 4.69) is 10.3 Å². The van der Waals surface area contributed by atoms with Crippen molar-refractivity contribution < 1.29 is 13.9 Å². The van der Waals surface area contributed by atoms with Gasteiger partial charge in [0.05, 0.1) is 13.2 Å². The number of hydrogen-bond acceptors (Lipinski definition) is 4. The molecular formula is C22H22FN3O2. The molecule has 1 aliphatic heterocycles. The van der Waals surface area contributed by atoms with Crippen LogP contribution in [0.5, 0.6) is 0 Å². The Hall–Kier alpha value is -2.99. The number of anilines is 2. The standard InChI is InChI=1S/C22H22FN3O2/c1-14-6-7-16(10-19(14)23)25-22-17-5-3-4-15(2)21(17)18(11-24-22)20-12-26(13-27)8-9-28-20/h3-7,10-11,13,20H,8-9,12H2,1-2H3,(H,24,25). The number of rotatable bonds is 4.